The van der Waals surface area contributed by atoms with E-state index in [9.17, 15) is 18.0 Å². The molecule has 0 aliphatic carbocycles. The first-order valence-electron chi connectivity index (χ1n) is 9.21. The second kappa shape index (κ2) is 7.73. The minimum Gasteiger partial charge on any atom is -0.332 e. The van der Waals surface area contributed by atoms with Crippen molar-refractivity contribution in [1.29, 1.82) is 0 Å². The molecule has 0 bridgehead atoms. The predicted molar refractivity (Wildman–Crippen MR) is 108 cm³/mol. The highest BCUT2D eigenvalue weighted by atomic mass is 19.4. The molecule has 0 spiro atoms. The van der Waals surface area contributed by atoms with Crippen molar-refractivity contribution in [1.82, 2.24) is 9.55 Å². The van der Waals surface area contributed by atoms with Crippen molar-refractivity contribution >= 4 is 22.6 Å². The number of amides is 1. The van der Waals surface area contributed by atoms with Gasteiger partial charge in [0.15, 0.2) is 0 Å². The average Bonchev–Trinajstić information content (AvgIpc) is 2.93. The monoisotopic (exact) mass is 401 g/mol. The number of carbonyl (C=O) groups is 1. The lowest BCUT2D eigenvalue weighted by Crippen LogP contribution is -2.19. The van der Waals surface area contributed by atoms with E-state index in [2.05, 4.69) is 36.8 Å². The van der Waals surface area contributed by atoms with Crippen LogP contribution < -0.4 is 5.32 Å². The number of carbonyl (C=O) groups excluding carboxylic acids is 1. The summed E-state index contributed by atoms with van der Waals surface area (Å²) in [5.41, 5.74) is 2.43. The van der Waals surface area contributed by atoms with Gasteiger partial charge in [-0.3, -0.25) is 4.79 Å². The van der Waals surface area contributed by atoms with Crippen LogP contribution in [0, 0.1) is 6.92 Å². The molecule has 1 N–H and O–H groups in total. The van der Waals surface area contributed by atoms with Crippen LogP contribution in [0.1, 0.15) is 46.9 Å². The van der Waals surface area contributed by atoms with E-state index in [4.69, 9.17) is 0 Å². The van der Waals surface area contributed by atoms with Gasteiger partial charge >= 0.3 is 6.18 Å². The van der Waals surface area contributed by atoms with Crippen LogP contribution >= 0.6 is 0 Å². The molecule has 152 valence electrons. The third kappa shape index (κ3) is 4.04. The fourth-order valence-electron chi connectivity index (χ4n) is 3.32. The van der Waals surface area contributed by atoms with Gasteiger partial charge in [-0.15, -0.1) is 6.58 Å². The number of alkyl halides is 3. The number of anilines is 1. The van der Waals surface area contributed by atoms with Gasteiger partial charge in [-0.2, -0.15) is 13.2 Å². The van der Waals surface area contributed by atoms with Gasteiger partial charge in [0.1, 0.15) is 11.5 Å². The Morgan fingerprint density at radius 2 is 2.00 bits per heavy atom. The van der Waals surface area contributed by atoms with Crippen molar-refractivity contribution in [2.24, 2.45) is 0 Å². The summed E-state index contributed by atoms with van der Waals surface area (Å²) < 4.78 is 40.0. The topological polar surface area (TPSA) is 46.9 Å². The van der Waals surface area contributed by atoms with Crippen LogP contribution in [-0.2, 0) is 12.7 Å². The number of hydrogen-bond donors (Lipinski definition) is 1. The molecule has 3 rings (SSSR count). The molecule has 0 radical (unpaired) electrons. The molecule has 1 aromatic carbocycles. The van der Waals surface area contributed by atoms with E-state index in [1.165, 1.54) is 0 Å². The van der Waals surface area contributed by atoms with E-state index in [1.54, 1.807) is 6.08 Å². The van der Waals surface area contributed by atoms with Crippen LogP contribution in [0.4, 0.5) is 19.0 Å². The molecule has 29 heavy (non-hydrogen) atoms. The van der Waals surface area contributed by atoms with Crippen LogP contribution in [0.25, 0.3) is 10.9 Å². The molecular weight excluding hydrogens is 379 g/mol. The third-order valence-corrected chi connectivity index (χ3v) is 4.87. The molecule has 0 saturated carbocycles. The first kappa shape index (κ1) is 20.6. The molecule has 0 unspecified atom stereocenters. The first-order valence-corrected chi connectivity index (χ1v) is 9.21. The quantitative estimate of drug-likeness (QED) is 0.539. The Morgan fingerprint density at radius 3 is 2.55 bits per heavy atom. The summed E-state index contributed by atoms with van der Waals surface area (Å²) >= 11 is 0. The van der Waals surface area contributed by atoms with Crippen molar-refractivity contribution in [3.63, 3.8) is 0 Å². The Bertz CT molecular complexity index is 1060. The lowest BCUT2D eigenvalue weighted by atomic mass is 10.0. The summed E-state index contributed by atoms with van der Waals surface area (Å²) in [6.07, 6.45) is -2.07. The van der Waals surface area contributed by atoms with Crippen LogP contribution in [-0.4, -0.2) is 15.5 Å². The fraction of sp³-hybridized carbons (Fsp3) is 0.273. The second-order valence-electron chi connectivity index (χ2n) is 7.19. The number of rotatable bonds is 5. The number of hydrogen-bond acceptors (Lipinski definition) is 2. The highest BCUT2D eigenvalue weighted by molar-refractivity contribution is 6.08. The molecule has 3 aromatic rings. The lowest BCUT2D eigenvalue weighted by molar-refractivity contribution is -0.137. The van der Waals surface area contributed by atoms with E-state index in [-0.39, 0.29) is 5.82 Å². The second-order valence-corrected chi connectivity index (χ2v) is 7.19. The van der Waals surface area contributed by atoms with Gasteiger partial charge in [0.2, 0.25) is 0 Å². The first-order chi connectivity index (χ1) is 13.6. The highest BCUT2D eigenvalue weighted by Crippen LogP contribution is 2.31. The van der Waals surface area contributed by atoms with Gasteiger partial charge in [0, 0.05) is 23.6 Å². The number of nitrogens with zero attached hydrogens (tertiary/aromatic N) is 2. The molecule has 0 atom stereocenters. The van der Waals surface area contributed by atoms with E-state index < -0.39 is 17.6 Å². The summed E-state index contributed by atoms with van der Waals surface area (Å²) in [6.45, 7) is 10.2. The van der Waals surface area contributed by atoms with Gasteiger partial charge < -0.3 is 9.88 Å². The zero-order chi connectivity index (χ0) is 21.3. The van der Waals surface area contributed by atoms with E-state index in [0.29, 0.717) is 24.4 Å². The molecule has 0 aliphatic rings. The molecular formula is C22H22F3N3O. The maximum absolute atomic E-state index is 13.0. The van der Waals surface area contributed by atoms with Crippen LogP contribution in [0.2, 0.25) is 0 Å². The lowest BCUT2D eigenvalue weighted by Gasteiger charge is -2.11. The van der Waals surface area contributed by atoms with Crippen molar-refractivity contribution in [2.75, 3.05) is 5.32 Å². The normalized spacial score (nSPS) is 11.8. The molecule has 0 aliphatic heterocycles. The Balaban J connectivity index is 2.01. The fourth-order valence-corrected chi connectivity index (χ4v) is 3.32. The summed E-state index contributed by atoms with van der Waals surface area (Å²) in [5.74, 6) is -0.0326. The summed E-state index contributed by atoms with van der Waals surface area (Å²) in [6, 6.07) is 8.12. The predicted octanol–water partition coefficient (Wildman–Crippen LogP) is 5.93. The van der Waals surface area contributed by atoms with Crippen molar-refractivity contribution in [2.45, 2.75) is 39.4 Å². The average molecular weight is 401 g/mol. The minimum absolute atomic E-state index is 0.0562. The highest BCUT2D eigenvalue weighted by Gasteiger charge is 2.30. The summed E-state index contributed by atoms with van der Waals surface area (Å²) in [4.78, 5) is 16.7. The van der Waals surface area contributed by atoms with Gasteiger partial charge in [0.05, 0.1) is 5.56 Å². The number of allylic oxidation sites excluding steroid dienone is 1. The Hall–Kier alpha value is -3.09. The molecule has 4 nitrogen and oxygen atoms in total. The van der Waals surface area contributed by atoms with Gasteiger partial charge in [-0.25, -0.2) is 4.98 Å². The SMILES string of the molecule is C=CCn1c(C(=O)Nc2ccc(C(F)(F)F)cn2)c(C)c2cc(C(C)C)ccc21. The summed E-state index contributed by atoms with van der Waals surface area (Å²) in [5, 5.41) is 3.56. The maximum Gasteiger partial charge on any atom is 0.417 e. The standard InChI is InChI=1S/C22H22F3N3O/c1-5-10-28-18-8-6-15(13(2)3)11-17(18)14(4)20(28)21(29)27-19-9-7-16(12-26-19)22(23,24)25/h5-9,11-13H,1,10H2,2-4H3,(H,26,27,29). The maximum atomic E-state index is 13.0. The molecule has 1 amide bonds. The van der Waals surface area contributed by atoms with E-state index in [0.717, 1.165) is 34.2 Å². The van der Waals surface area contributed by atoms with Crippen molar-refractivity contribution in [3.8, 4) is 0 Å². The van der Waals surface area contributed by atoms with Gasteiger partial charge in [-0.1, -0.05) is 26.0 Å². The number of aromatic nitrogens is 2. The number of benzene rings is 1. The summed E-state index contributed by atoms with van der Waals surface area (Å²) in [7, 11) is 0. The molecule has 2 aromatic heterocycles. The number of aryl methyl sites for hydroxylation is 1. The zero-order valence-corrected chi connectivity index (χ0v) is 16.5. The molecule has 0 saturated heterocycles. The Morgan fingerprint density at radius 1 is 1.28 bits per heavy atom. The van der Waals surface area contributed by atoms with Crippen molar-refractivity contribution in [3.05, 3.63) is 71.6 Å². The van der Waals surface area contributed by atoms with Crippen LogP contribution in [0.15, 0.2) is 49.2 Å². The minimum atomic E-state index is -4.48. The molecule has 7 heteroatoms. The van der Waals surface area contributed by atoms with Crippen LogP contribution in [0.5, 0.6) is 0 Å². The number of nitrogens with one attached hydrogen (secondary N) is 1. The third-order valence-electron chi connectivity index (χ3n) is 4.87. The zero-order valence-electron chi connectivity index (χ0n) is 16.5. The molecule has 0 fully saturated rings. The largest absolute Gasteiger partial charge is 0.417 e. The Kier molecular flexibility index (Phi) is 5.50. The molecule has 2 heterocycles. The van der Waals surface area contributed by atoms with Crippen molar-refractivity contribution < 1.29 is 18.0 Å². The van der Waals surface area contributed by atoms with Gasteiger partial charge in [0.25, 0.3) is 5.91 Å². The number of fused-ring (bicyclic) bond motifs is 1. The van der Waals surface area contributed by atoms with Gasteiger partial charge in [-0.05, 0) is 48.2 Å². The number of pyridine rings is 1. The van der Waals surface area contributed by atoms with E-state index >= 15 is 0 Å². The smallest absolute Gasteiger partial charge is 0.332 e. The number of halogens is 3. The Labute approximate surface area is 167 Å². The van der Waals surface area contributed by atoms with E-state index in [1.807, 2.05) is 23.6 Å². The van der Waals surface area contributed by atoms with Crippen LogP contribution in [0.3, 0.4) is 0 Å².